The summed E-state index contributed by atoms with van der Waals surface area (Å²) < 4.78 is 30.9. The lowest BCUT2D eigenvalue weighted by atomic mass is 10.2. The van der Waals surface area contributed by atoms with E-state index in [1.54, 1.807) is 14.2 Å². The van der Waals surface area contributed by atoms with E-state index in [0.717, 1.165) is 30.8 Å². The molecule has 1 aromatic rings. The van der Waals surface area contributed by atoms with Gasteiger partial charge in [0.05, 0.1) is 12.9 Å². The number of hydrogen-bond donors (Lipinski definition) is 1. The first-order valence-corrected chi connectivity index (χ1v) is 8.88. The SMILES string of the molecule is CCCNCCCS(=O)(=O)N(C)Cc1cccc(OC)c1. The van der Waals surface area contributed by atoms with Gasteiger partial charge in [-0.2, -0.15) is 0 Å². The van der Waals surface area contributed by atoms with Crippen LogP contribution in [-0.2, 0) is 16.6 Å². The third-order valence-corrected chi connectivity index (χ3v) is 5.08. The van der Waals surface area contributed by atoms with Gasteiger partial charge >= 0.3 is 0 Å². The van der Waals surface area contributed by atoms with E-state index in [-0.39, 0.29) is 5.75 Å². The van der Waals surface area contributed by atoms with E-state index in [1.165, 1.54) is 4.31 Å². The summed E-state index contributed by atoms with van der Waals surface area (Å²) in [5.74, 6) is 0.909. The van der Waals surface area contributed by atoms with Gasteiger partial charge in [0, 0.05) is 13.6 Å². The minimum Gasteiger partial charge on any atom is -0.497 e. The number of hydrogen-bond acceptors (Lipinski definition) is 4. The third kappa shape index (κ3) is 6.46. The van der Waals surface area contributed by atoms with Crippen LogP contribution in [0.25, 0.3) is 0 Å². The number of sulfonamides is 1. The molecule has 5 nitrogen and oxygen atoms in total. The van der Waals surface area contributed by atoms with Gasteiger partial charge < -0.3 is 10.1 Å². The maximum atomic E-state index is 12.2. The fourth-order valence-electron chi connectivity index (χ4n) is 1.96. The Morgan fingerprint density at radius 1 is 1.29 bits per heavy atom. The van der Waals surface area contributed by atoms with Crippen LogP contribution < -0.4 is 10.1 Å². The molecule has 1 rings (SSSR count). The molecule has 6 heteroatoms. The summed E-state index contributed by atoms with van der Waals surface area (Å²) in [4.78, 5) is 0. The molecule has 1 N–H and O–H groups in total. The summed E-state index contributed by atoms with van der Waals surface area (Å²) >= 11 is 0. The van der Waals surface area contributed by atoms with E-state index in [4.69, 9.17) is 4.74 Å². The maximum Gasteiger partial charge on any atom is 0.214 e. The lowest BCUT2D eigenvalue weighted by molar-refractivity contribution is 0.412. The maximum absolute atomic E-state index is 12.2. The zero-order valence-corrected chi connectivity index (χ0v) is 13.9. The number of nitrogens with zero attached hydrogens (tertiary/aromatic N) is 1. The van der Waals surface area contributed by atoms with Gasteiger partial charge in [-0.25, -0.2) is 12.7 Å². The van der Waals surface area contributed by atoms with Crippen molar-refractivity contribution in [1.82, 2.24) is 9.62 Å². The van der Waals surface area contributed by atoms with Gasteiger partial charge in [-0.1, -0.05) is 19.1 Å². The number of nitrogens with one attached hydrogen (secondary N) is 1. The molecule has 21 heavy (non-hydrogen) atoms. The van der Waals surface area contributed by atoms with Crippen LogP contribution in [0.5, 0.6) is 5.75 Å². The van der Waals surface area contributed by atoms with E-state index in [9.17, 15) is 8.42 Å². The van der Waals surface area contributed by atoms with Crippen LogP contribution in [0.1, 0.15) is 25.3 Å². The fourth-order valence-corrected chi connectivity index (χ4v) is 3.13. The molecule has 0 amide bonds. The molecule has 120 valence electrons. The summed E-state index contributed by atoms with van der Waals surface area (Å²) in [6, 6.07) is 7.47. The van der Waals surface area contributed by atoms with Crippen LogP contribution in [0.3, 0.4) is 0 Å². The predicted octanol–water partition coefficient (Wildman–Crippen LogP) is 1.85. The Labute approximate surface area is 128 Å². The van der Waals surface area contributed by atoms with Crippen molar-refractivity contribution in [2.24, 2.45) is 0 Å². The highest BCUT2D eigenvalue weighted by molar-refractivity contribution is 7.89. The summed E-state index contributed by atoms with van der Waals surface area (Å²) in [6.45, 7) is 4.12. The van der Waals surface area contributed by atoms with E-state index in [2.05, 4.69) is 12.2 Å². The van der Waals surface area contributed by atoms with Crippen LogP contribution in [0.4, 0.5) is 0 Å². The molecule has 0 aliphatic carbocycles. The van der Waals surface area contributed by atoms with E-state index in [1.807, 2.05) is 24.3 Å². The molecule has 0 saturated heterocycles. The van der Waals surface area contributed by atoms with Gasteiger partial charge in [0.25, 0.3) is 0 Å². The quantitative estimate of drug-likeness (QED) is 0.670. The third-order valence-electron chi connectivity index (χ3n) is 3.20. The molecular formula is C15H26N2O3S. The number of benzene rings is 1. The Bertz CT molecular complexity index is 517. The normalized spacial score (nSPS) is 11.8. The highest BCUT2D eigenvalue weighted by atomic mass is 32.2. The van der Waals surface area contributed by atoms with Gasteiger partial charge in [0.15, 0.2) is 0 Å². The molecule has 0 heterocycles. The van der Waals surface area contributed by atoms with Crippen molar-refractivity contribution in [3.8, 4) is 5.75 Å². The molecule has 0 aliphatic rings. The minimum absolute atomic E-state index is 0.171. The summed E-state index contributed by atoms with van der Waals surface area (Å²) in [5, 5.41) is 3.21. The van der Waals surface area contributed by atoms with Gasteiger partial charge in [-0.05, 0) is 43.6 Å². The van der Waals surface area contributed by atoms with Gasteiger partial charge in [-0.15, -0.1) is 0 Å². The van der Waals surface area contributed by atoms with E-state index in [0.29, 0.717) is 13.0 Å². The molecule has 0 fully saturated rings. The zero-order chi connectivity index (χ0) is 15.7. The Morgan fingerprint density at radius 3 is 2.71 bits per heavy atom. The van der Waals surface area contributed by atoms with E-state index < -0.39 is 10.0 Å². The second-order valence-electron chi connectivity index (χ2n) is 5.03. The smallest absolute Gasteiger partial charge is 0.214 e. The van der Waals surface area contributed by atoms with Gasteiger partial charge in [0.2, 0.25) is 10.0 Å². The molecular weight excluding hydrogens is 288 g/mol. The van der Waals surface area contributed by atoms with Crippen molar-refractivity contribution in [1.29, 1.82) is 0 Å². The van der Waals surface area contributed by atoms with Crippen LogP contribution in [0, 0.1) is 0 Å². The van der Waals surface area contributed by atoms with Crippen molar-refractivity contribution in [3.05, 3.63) is 29.8 Å². The molecule has 0 unspecified atom stereocenters. The second-order valence-corrected chi connectivity index (χ2v) is 7.22. The van der Waals surface area contributed by atoms with Crippen molar-refractivity contribution in [3.63, 3.8) is 0 Å². The van der Waals surface area contributed by atoms with Crippen LogP contribution in [-0.4, -0.2) is 45.7 Å². The second kappa shape index (κ2) is 9.02. The minimum atomic E-state index is -3.21. The summed E-state index contributed by atoms with van der Waals surface area (Å²) in [5.41, 5.74) is 0.921. The Morgan fingerprint density at radius 2 is 2.05 bits per heavy atom. The van der Waals surface area contributed by atoms with Crippen molar-refractivity contribution in [2.45, 2.75) is 26.3 Å². The van der Waals surface area contributed by atoms with Crippen LogP contribution in [0.2, 0.25) is 0 Å². The van der Waals surface area contributed by atoms with Crippen LogP contribution in [0.15, 0.2) is 24.3 Å². The van der Waals surface area contributed by atoms with Gasteiger partial charge in [-0.3, -0.25) is 0 Å². The fraction of sp³-hybridized carbons (Fsp3) is 0.600. The highest BCUT2D eigenvalue weighted by Gasteiger charge is 2.17. The van der Waals surface area contributed by atoms with Crippen LogP contribution >= 0.6 is 0 Å². The monoisotopic (exact) mass is 314 g/mol. The topological polar surface area (TPSA) is 58.6 Å². The lowest BCUT2D eigenvalue weighted by Crippen LogP contribution is -2.30. The first-order valence-electron chi connectivity index (χ1n) is 7.27. The number of rotatable bonds is 10. The first kappa shape index (κ1) is 17.9. The molecule has 0 aliphatic heterocycles. The Hall–Kier alpha value is -1.11. The number of ether oxygens (including phenoxy) is 1. The first-order chi connectivity index (χ1) is 9.99. The molecule has 0 saturated carbocycles. The van der Waals surface area contributed by atoms with Gasteiger partial charge in [0.1, 0.15) is 5.75 Å². The van der Waals surface area contributed by atoms with Crippen molar-refractivity contribution < 1.29 is 13.2 Å². The number of methoxy groups -OCH3 is 1. The van der Waals surface area contributed by atoms with Crippen molar-refractivity contribution in [2.75, 3.05) is 33.0 Å². The summed E-state index contributed by atoms with van der Waals surface area (Å²) in [6.07, 6.45) is 1.69. The average Bonchev–Trinajstić information content (AvgIpc) is 2.47. The largest absolute Gasteiger partial charge is 0.497 e. The van der Waals surface area contributed by atoms with Crippen molar-refractivity contribution >= 4 is 10.0 Å². The Balaban J connectivity index is 2.50. The standard InChI is InChI=1S/C15H26N2O3S/c1-4-9-16-10-6-11-21(18,19)17(2)13-14-7-5-8-15(12-14)20-3/h5,7-8,12,16H,4,6,9-11,13H2,1-3H3. The lowest BCUT2D eigenvalue weighted by Gasteiger charge is -2.17. The molecule has 0 aromatic heterocycles. The highest BCUT2D eigenvalue weighted by Crippen LogP contribution is 2.15. The molecule has 0 spiro atoms. The molecule has 0 atom stereocenters. The average molecular weight is 314 g/mol. The molecule has 0 radical (unpaired) electrons. The van der Waals surface area contributed by atoms with E-state index >= 15 is 0 Å². The molecule has 1 aromatic carbocycles. The zero-order valence-electron chi connectivity index (χ0n) is 13.1. The summed E-state index contributed by atoms with van der Waals surface area (Å²) in [7, 11) is 0.00668. The molecule has 0 bridgehead atoms. The predicted molar refractivity (Wildman–Crippen MR) is 86.0 cm³/mol. The Kier molecular flexibility index (Phi) is 7.71.